The number of rotatable bonds is 6. The minimum absolute atomic E-state index is 0.0276. The molecule has 0 radical (unpaired) electrons. The van der Waals surface area contributed by atoms with Gasteiger partial charge in [0, 0.05) is 16.5 Å². The number of thiazole rings is 1. The molecule has 0 saturated carbocycles. The summed E-state index contributed by atoms with van der Waals surface area (Å²) in [6, 6.07) is 19.5. The van der Waals surface area contributed by atoms with Crippen LogP contribution >= 0.6 is 23.1 Å². The van der Waals surface area contributed by atoms with Crippen molar-refractivity contribution in [2.24, 2.45) is 5.92 Å². The second-order valence-electron chi connectivity index (χ2n) is 9.59. The van der Waals surface area contributed by atoms with E-state index in [4.69, 9.17) is 4.74 Å². The van der Waals surface area contributed by atoms with Crippen molar-refractivity contribution in [3.8, 4) is 5.75 Å². The molecule has 1 saturated heterocycles. The third kappa shape index (κ3) is 5.21. The maximum absolute atomic E-state index is 13.8. The number of fused-ring (bicyclic) bond motifs is 2. The van der Waals surface area contributed by atoms with Gasteiger partial charge in [0.2, 0.25) is 11.8 Å². The van der Waals surface area contributed by atoms with E-state index in [1.54, 1.807) is 54.6 Å². The quantitative estimate of drug-likeness (QED) is 0.288. The van der Waals surface area contributed by atoms with Crippen LogP contribution in [0.3, 0.4) is 0 Å². The fourth-order valence-electron chi connectivity index (χ4n) is 5.12. The van der Waals surface area contributed by atoms with Crippen LogP contribution in [0.4, 0.5) is 24.5 Å². The number of benzene rings is 3. The number of hydrogen-bond acceptors (Lipinski definition) is 7. The Morgan fingerprint density at radius 2 is 1.71 bits per heavy atom. The first-order valence-electron chi connectivity index (χ1n) is 12.6. The van der Waals surface area contributed by atoms with Gasteiger partial charge in [-0.3, -0.25) is 19.2 Å². The molecule has 3 amide bonds. The topological polar surface area (TPSA) is 109 Å². The number of hydrogen-bond donors (Lipinski definition) is 2. The van der Waals surface area contributed by atoms with Gasteiger partial charge in [0.15, 0.2) is 6.61 Å². The molecular weight excluding hydrogens is 591 g/mol. The Hall–Kier alpha value is -4.36. The van der Waals surface area contributed by atoms with Crippen LogP contribution in [-0.2, 0) is 20.6 Å². The number of para-hydroxylation sites is 1. The molecule has 1 fully saturated rings. The molecule has 4 aromatic rings. The Labute approximate surface area is 244 Å². The first kappa shape index (κ1) is 27.8. The van der Waals surface area contributed by atoms with Gasteiger partial charge in [-0.25, -0.2) is 4.90 Å². The van der Waals surface area contributed by atoms with Crippen LogP contribution in [-0.4, -0.2) is 34.6 Å². The zero-order valence-electron chi connectivity index (χ0n) is 21.4. The molecule has 2 aliphatic rings. The van der Waals surface area contributed by atoms with Crippen molar-refractivity contribution >= 4 is 52.2 Å². The summed E-state index contributed by atoms with van der Waals surface area (Å²) in [5.74, 6) is -2.59. The van der Waals surface area contributed by atoms with Gasteiger partial charge in [0.1, 0.15) is 11.0 Å². The highest BCUT2D eigenvalue weighted by atomic mass is 32.2. The summed E-state index contributed by atoms with van der Waals surface area (Å²) >= 11 is 2.14. The van der Waals surface area contributed by atoms with E-state index < -0.39 is 41.3 Å². The van der Waals surface area contributed by atoms with Gasteiger partial charge in [-0.05, 0) is 48.0 Å². The minimum Gasteiger partial charge on any atom is -0.484 e. The Morgan fingerprint density at radius 1 is 0.952 bits per heavy atom. The van der Waals surface area contributed by atoms with Crippen molar-refractivity contribution in [3.05, 3.63) is 105 Å². The number of aromatic nitrogens is 1. The fraction of sp³-hybridized carbons (Fsp3) is 0.172. The standard InChI is InChI=1S/C29H20F3N3O5S2/c30-29(31,32)16-7-5-8-17(13-16)33-20(36)14-40-19-11-4-6-15(12-19)21-22-24(41-25-23(21)42-28(39)34-25)27(38)35(26(22)37)18-9-2-1-3-10-18/h1-13,21-22,24H,14H2,(H,33,36)(H,34,39)/t21-,22-,24+/m0/s1. The van der Waals surface area contributed by atoms with E-state index in [-0.39, 0.29) is 28.1 Å². The first-order chi connectivity index (χ1) is 20.1. The number of thioether (sulfide) groups is 1. The number of carbonyl (C=O) groups excluding carboxylic acids is 3. The van der Waals surface area contributed by atoms with E-state index >= 15 is 0 Å². The van der Waals surface area contributed by atoms with Gasteiger partial charge in [-0.15, -0.1) is 0 Å². The Bertz CT molecular complexity index is 1750. The normalized spacial score (nSPS) is 19.8. The smallest absolute Gasteiger partial charge is 0.416 e. The highest BCUT2D eigenvalue weighted by Crippen LogP contribution is 2.53. The highest BCUT2D eigenvalue weighted by Gasteiger charge is 2.56. The van der Waals surface area contributed by atoms with Crippen molar-refractivity contribution in [1.29, 1.82) is 0 Å². The molecule has 6 rings (SSSR count). The van der Waals surface area contributed by atoms with E-state index in [1.807, 2.05) is 0 Å². The number of nitrogens with one attached hydrogen (secondary N) is 2. The molecule has 8 nitrogen and oxygen atoms in total. The second-order valence-corrected chi connectivity index (χ2v) is 11.8. The van der Waals surface area contributed by atoms with Gasteiger partial charge >= 0.3 is 11.0 Å². The molecule has 3 atom stereocenters. The maximum atomic E-state index is 13.8. The van der Waals surface area contributed by atoms with Crippen LogP contribution in [0.15, 0.2) is 88.7 Å². The lowest BCUT2D eigenvalue weighted by Crippen LogP contribution is -2.32. The Kier molecular flexibility index (Phi) is 7.15. The van der Waals surface area contributed by atoms with E-state index in [0.29, 0.717) is 21.2 Å². The molecule has 3 heterocycles. The lowest BCUT2D eigenvalue weighted by Gasteiger charge is -2.30. The molecule has 0 unspecified atom stereocenters. The van der Waals surface area contributed by atoms with Gasteiger partial charge in [0.25, 0.3) is 5.91 Å². The summed E-state index contributed by atoms with van der Waals surface area (Å²) in [4.78, 5) is 56.3. The monoisotopic (exact) mass is 611 g/mol. The third-order valence-corrected chi connectivity index (χ3v) is 9.30. The summed E-state index contributed by atoms with van der Waals surface area (Å²) in [5.41, 5.74) is 0.144. The van der Waals surface area contributed by atoms with Crippen LogP contribution in [0, 0.1) is 5.92 Å². The summed E-state index contributed by atoms with van der Waals surface area (Å²) in [7, 11) is 0. The molecule has 0 aliphatic carbocycles. The number of alkyl halides is 3. The number of nitrogens with zero attached hydrogens (tertiary/aromatic N) is 1. The second kappa shape index (κ2) is 10.8. The average molecular weight is 612 g/mol. The third-order valence-electron chi connectivity index (χ3n) is 6.90. The molecule has 3 aromatic carbocycles. The van der Waals surface area contributed by atoms with Crippen LogP contribution in [0.1, 0.15) is 21.9 Å². The van der Waals surface area contributed by atoms with Crippen molar-refractivity contribution in [3.63, 3.8) is 0 Å². The fourth-order valence-corrected chi connectivity index (χ4v) is 7.64. The number of ether oxygens (including phenoxy) is 1. The molecular formula is C29H20F3N3O5S2. The summed E-state index contributed by atoms with van der Waals surface area (Å²) in [6.45, 7) is -0.492. The lowest BCUT2D eigenvalue weighted by molar-refractivity contribution is -0.137. The molecule has 1 aromatic heterocycles. The molecule has 2 aliphatic heterocycles. The largest absolute Gasteiger partial charge is 0.484 e. The number of H-pyrrole nitrogens is 1. The minimum atomic E-state index is -4.55. The van der Waals surface area contributed by atoms with E-state index in [9.17, 15) is 32.3 Å². The van der Waals surface area contributed by atoms with Gasteiger partial charge in [-0.1, -0.05) is 59.5 Å². The zero-order valence-corrected chi connectivity index (χ0v) is 23.0. The maximum Gasteiger partial charge on any atom is 0.416 e. The number of aromatic amines is 1. The van der Waals surface area contributed by atoms with Gasteiger partial charge in [0.05, 0.1) is 22.2 Å². The zero-order chi connectivity index (χ0) is 29.6. The van der Waals surface area contributed by atoms with Crippen LogP contribution in [0.2, 0.25) is 0 Å². The molecule has 0 spiro atoms. The lowest BCUT2D eigenvalue weighted by atomic mass is 9.83. The average Bonchev–Trinajstić information content (AvgIpc) is 3.46. The van der Waals surface area contributed by atoms with E-state index in [0.717, 1.165) is 23.5 Å². The van der Waals surface area contributed by atoms with Crippen molar-refractivity contribution in [2.75, 3.05) is 16.8 Å². The SMILES string of the molecule is O=C(COc1cccc([C@@H]2c3sc(=O)[nH]c3S[C@H]3C(=O)N(c4ccccc4)C(=O)[C@@H]23)c1)Nc1cccc(C(F)(F)F)c1. The van der Waals surface area contributed by atoms with Crippen molar-refractivity contribution in [1.82, 2.24) is 4.98 Å². The summed E-state index contributed by atoms with van der Waals surface area (Å²) in [5, 5.41) is 2.15. The van der Waals surface area contributed by atoms with Gasteiger partial charge in [-0.2, -0.15) is 13.2 Å². The Morgan fingerprint density at radius 3 is 2.48 bits per heavy atom. The number of carbonyl (C=O) groups is 3. The molecule has 214 valence electrons. The first-order valence-corrected chi connectivity index (χ1v) is 14.3. The predicted molar refractivity (Wildman–Crippen MR) is 151 cm³/mol. The van der Waals surface area contributed by atoms with E-state index in [1.165, 1.54) is 28.8 Å². The summed E-state index contributed by atoms with van der Waals surface area (Å²) < 4.78 is 44.6. The highest BCUT2D eigenvalue weighted by molar-refractivity contribution is 8.00. The van der Waals surface area contributed by atoms with Crippen molar-refractivity contribution < 1.29 is 32.3 Å². The molecule has 2 N–H and O–H groups in total. The number of halogens is 3. The number of anilines is 2. The van der Waals surface area contributed by atoms with Crippen LogP contribution in [0.5, 0.6) is 5.75 Å². The Balaban J connectivity index is 1.25. The van der Waals surface area contributed by atoms with Crippen LogP contribution < -0.4 is 19.8 Å². The molecule has 42 heavy (non-hydrogen) atoms. The molecule has 13 heteroatoms. The summed E-state index contributed by atoms with van der Waals surface area (Å²) in [6.07, 6.45) is -4.55. The number of amides is 3. The van der Waals surface area contributed by atoms with Crippen molar-refractivity contribution in [2.45, 2.75) is 22.4 Å². The predicted octanol–water partition coefficient (Wildman–Crippen LogP) is 5.27. The number of imide groups is 1. The van der Waals surface area contributed by atoms with E-state index in [2.05, 4.69) is 10.3 Å². The van der Waals surface area contributed by atoms with Crippen LogP contribution in [0.25, 0.3) is 0 Å². The van der Waals surface area contributed by atoms with Gasteiger partial charge < -0.3 is 15.0 Å². The molecule has 0 bridgehead atoms.